The normalized spacial score (nSPS) is 11.3. The van der Waals surface area contributed by atoms with E-state index in [4.69, 9.17) is 10.1 Å². The Morgan fingerprint density at radius 1 is 1.32 bits per heavy atom. The number of nitrogens with zero attached hydrogens (tertiary/aromatic N) is 3. The van der Waals surface area contributed by atoms with Gasteiger partial charge in [0.1, 0.15) is 0 Å². The zero-order chi connectivity index (χ0) is 17.6. The summed E-state index contributed by atoms with van der Waals surface area (Å²) in [5.41, 5.74) is 2.76. The molecule has 1 aromatic carbocycles. The number of pyridine rings is 1. The molecule has 0 fully saturated rings. The number of allylic oxidation sites excluding steroid dienone is 1. The summed E-state index contributed by atoms with van der Waals surface area (Å²) in [7, 11) is 0. The molecule has 0 saturated carbocycles. The van der Waals surface area contributed by atoms with Crippen LogP contribution in [0.5, 0.6) is 11.9 Å². The Bertz CT molecular complexity index is 940. The number of fused-ring (bicyclic) bond motifs is 1. The Hall–Kier alpha value is -3.48. The first-order chi connectivity index (χ1) is 12.2. The number of hydrogen-bond donors (Lipinski definition) is 3. The van der Waals surface area contributed by atoms with Crippen molar-refractivity contribution < 1.29 is 9.84 Å². The molecule has 0 atom stereocenters. The molecule has 3 aromatic rings. The summed E-state index contributed by atoms with van der Waals surface area (Å²) < 4.78 is 5.46. The highest BCUT2D eigenvalue weighted by atomic mass is 16.5. The van der Waals surface area contributed by atoms with Crippen LogP contribution < -0.4 is 10.1 Å². The van der Waals surface area contributed by atoms with Gasteiger partial charge in [-0.3, -0.25) is 4.98 Å². The van der Waals surface area contributed by atoms with Gasteiger partial charge in [-0.2, -0.15) is 9.97 Å². The predicted octanol–water partition coefficient (Wildman–Crippen LogP) is 2.70. The van der Waals surface area contributed by atoms with Gasteiger partial charge in [0, 0.05) is 18.9 Å². The van der Waals surface area contributed by atoms with E-state index in [0.717, 1.165) is 11.8 Å². The standard InChI is InChI=1S/C18H17N5O2/c1-12-3-2-4-13(7-12)9-21-10-14(8-19)25-18-22-16-11-20-6-5-15(16)17(24)23-18/h2-8,10-11,19,21H,9H2,1H3,(H,22,23,24)/b14-10+,19-8?. The van der Waals surface area contributed by atoms with Gasteiger partial charge in [0.25, 0.3) is 0 Å². The molecule has 2 aromatic heterocycles. The highest BCUT2D eigenvalue weighted by Gasteiger charge is 2.08. The largest absolute Gasteiger partial charge is 0.493 e. The molecule has 0 bridgehead atoms. The Kier molecular flexibility index (Phi) is 4.84. The minimum absolute atomic E-state index is 0.0508. The smallest absolute Gasteiger partial charge is 0.326 e. The van der Waals surface area contributed by atoms with Crippen LogP contribution in [0.1, 0.15) is 11.1 Å². The van der Waals surface area contributed by atoms with Crippen molar-refractivity contribution in [2.75, 3.05) is 0 Å². The first kappa shape index (κ1) is 16.4. The van der Waals surface area contributed by atoms with Crippen molar-refractivity contribution in [3.63, 3.8) is 0 Å². The third-order valence-electron chi connectivity index (χ3n) is 3.44. The van der Waals surface area contributed by atoms with Crippen LogP contribution in [0.15, 0.2) is 54.7 Å². The highest BCUT2D eigenvalue weighted by Crippen LogP contribution is 2.22. The molecular weight excluding hydrogens is 318 g/mol. The molecule has 0 unspecified atom stereocenters. The zero-order valence-corrected chi connectivity index (χ0v) is 13.6. The van der Waals surface area contributed by atoms with E-state index < -0.39 is 0 Å². The molecule has 3 rings (SSSR count). The van der Waals surface area contributed by atoms with Crippen LogP contribution in [-0.4, -0.2) is 26.3 Å². The summed E-state index contributed by atoms with van der Waals surface area (Å²) >= 11 is 0. The van der Waals surface area contributed by atoms with Gasteiger partial charge in [-0.1, -0.05) is 29.8 Å². The lowest BCUT2D eigenvalue weighted by Crippen LogP contribution is -2.10. The van der Waals surface area contributed by atoms with Gasteiger partial charge >= 0.3 is 6.01 Å². The lowest BCUT2D eigenvalue weighted by molar-refractivity contribution is 0.394. The summed E-state index contributed by atoms with van der Waals surface area (Å²) in [5, 5.41) is 21.0. The van der Waals surface area contributed by atoms with Crippen LogP contribution in [0, 0.1) is 12.3 Å². The van der Waals surface area contributed by atoms with Crippen molar-refractivity contribution in [2.45, 2.75) is 13.5 Å². The molecule has 7 heteroatoms. The van der Waals surface area contributed by atoms with E-state index in [0.29, 0.717) is 17.4 Å². The fourth-order valence-electron chi connectivity index (χ4n) is 2.29. The predicted molar refractivity (Wildman–Crippen MR) is 94.5 cm³/mol. The van der Waals surface area contributed by atoms with Crippen molar-refractivity contribution in [2.24, 2.45) is 0 Å². The molecule has 0 aliphatic carbocycles. The third kappa shape index (κ3) is 4.08. The van der Waals surface area contributed by atoms with E-state index in [1.54, 1.807) is 18.5 Å². The van der Waals surface area contributed by atoms with E-state index in [1.165, 1.54) is 11.8 Å². The molecule has 0 aliphatic rings. The SMILES string of the molecule is Cc1cccc(CN/C=C(\C=N)Oc2nc(O)c3ccncc3n2)c1. The summed E-state index contributed by atoms with van der Waals surface area (Å²) in [5.74, 6) is 0.0229. The number of aromatic nitrogens is 3. The van der Waals surface area contributed by atoms with Crippen LogP contribution in [0.2, 0.25) is 0 Å². The number of hydrogen-bond acceptors (Lipinski definition) is 7. The second kappa shape index (κ2) is 7.39. The van der Waals surface area contributed by atoms with Crippen LogP contribution >= 0.6 is 0 Å². The van der Waals surface area contributed by atoms with Crippen molar-refractivity contribution in [3.05, 3.63) is 65.8 Å². The maximum Gasteiger partial charge on any atom is 0.326 e. The number of aromatic hydroxyl groups is 1. The molecule has 7 nitrogen and oxygen atoms in total. The fourth-order valence-corrected chi connectivity index (χ4v) is 2.29. The van der Waals surface area contributed by atoms with Crippen molar-refractivity contribution in [1.29, 1.82) is 5.41 Å². The molecule has 0 saturated heterocycles. The topological polar surface area (TPSA) is 104 Å². The molecule has 0 aliphatic heterocycles. The lowest BCUT2D eigenvalue weighted by Gasteiger charge is -2.07. The maximum absolute atomic E-state index is 9.94. The van der Waals surface area contributed by atoms with E-state index >= 15 is 0 Å². The van der Waals surface area contributed by atoms with E-state index in [9.17, 15) is 5.11 Å². The minimum Gasteiger partial charge on any atom is -0.493 e. The van der Waals surface area contributed by atoms with Gasteiger partial charge in [0.2, 0.25) is 5.88 Å². The molecule has 25 heavy (non-hydrogen) atoms. The van der Waals surface area contributed by atoms with Gasteiger partial charge in [0.15, 0.2) is 5.76 Å². The Morgan fingerprint density at radius 2 is 2.20 bits per heavy atom. The second-order valence-corrected chi connectivity index (χ2v) is 5.39. The summed E-state index contributed by atoms with van der Waals surface area (Å²) in [4.78, 5) is 12.0. The van der Waals surface area contributed by atoms with E-state index in [2.05, 4.69) is 26.3 Å². The average Bonchev–Trinajstić information content (AvgIpc) is 2.61. The summed E-state index contributed by atoms with van der Waals surface area (Å²) in [6, 6.07) is 9.67. The van der Waals surface area contributed by atoms with Crippen molar-refractivity contribution in [1.82, 2.24) is 20.3 Å². The van der Waals surface area contributed by atoms with Crippen LogP contribution in [0.4, 0.5) is 0 Å². The Morgan fingerprint density at radius 3 is 3.00 bits per heavy atom. The molecule has 0 radical (unpaired) electrons. The van der Waals surface area contributed by atoms with Crippen molar-refractivity contribution in [3.8, 4) is 11.9 Å². The first-order valence-corrected chi connectivity index (χ1v) is 7.64. The minimum atomic E-state index is -0.195. The van der Waals surface area contributed by atoms with E-state index in [-0.39, 0.29) is 17.6 Å². The summed E-state index contributed by atoms with van der Waals surface area (Å²) in [6.07, 6.45) is 5.65. The molecule has 2 heterocycles. The molecular formula is C18H17N5O2. The zero-order valence-electron chi connectivity index (χ0n) is 13.6. The Balaban J connectivity index is 1.72. The average molecular weight is 335 g/mol. The molecule has 0 spiro atoms. The number of aryl methyl sites for hydroxylation is 1. The van der Waals surface area contributed by atoms with Gasteiger partial charge in [-0.25, -0.2) is 0 Å². The van der Waals surface area contributed by atoms with E-state index in [1.807, 2.05) is 25.1 Å². The van der Waals surface area contributed by atoms with Gasteiger partial charge in [-0.05, 0) is 18.6 Å². The second-order valence-electron chi connectivity index (χ2n) is 5.39. The highest BCUT2D eigenvalue weighted by molar-refractivity contribution is 5.82. The van der Waals surface area contributed by atoms with Gasteiger partial charge in [-0.15, -0.1) is 0 Å². The monoisotopic (exact) mass is 335 g/mol. The van der Waals surface area contributed by atoms with Crippen LogP contribution in [0.3, 0.4) is 0 Å². The quantitative estimate of drug-likeness (QED) is 0.473. The first-order valence-electron chi connectivity index (χ1n) is 7.64. The number of ether oxygens (including phenoxy) is 1. The van der Waals surface area contributed by atoms with Crippen LogP contribution in [0.25, 0.3) is 10.9 Å². The van der Waals surface area contributed by atoms with Gasteiger partial charge < -0.3 is 20.6 Å². The number of rotatable bonds is 6. The Labute approximate surface area is 144 Å². The number of benzene rings is 1. The van der Waals surface area contributed by atoms with Crippen molar-refractivity contribution >= 4 is 17.1 Å². The third-order valence-corrected chi connectivity index (χ3v) is 3.44. The molecule has 0 amide bonds. The summed E-state index contributed by atoms with van der Waals surface area (Å²) in [6.45, 7) is 2.62. The number of nitrogens with one attached hydrogen (secondary N) is 2. The fraction of sp³-hybridized carbons (Fsp3) is 0.111. The van der Waals surface area contributed by atoms with Gasteiger partial charge in [0.05, 0.1) is 23.3 Å². The lowest BCUT2D eigenvalue weighted by atomic mass is 10.1. The van der Waals surface area contributed by atoms with Crippen LogP contribution in [-0.2, 0) is 6.54 Å². The molecule has 3 N–H and O–H groups in total. The maximum atomic E-state index is 9.94. The molecule has 126 valence electrons.